The topological polar surface area (TPSA) is 69.6 Å². The zero-order valence-electron chi connectivity index (χ0n) is 8.10. The van der Waals surface area contributed by atoms with Gasteiger partial charge in [0.2, 0.25) is 0 Å². The third-order valence-corrected chi connectivity index (χ3v) is 2.04. The van der Waals surface area contributed by atoms with Gasteiger partial charge in [-0.1, -0.05) is 5.21 Å². The molecule has 14 heavy (non-hydrogen) atoms. The van der Waals surface area contributed by atoms with Gasteiger partial charge in [0.15, 0.2) is 5.82 Å². The first-order chi connectivity index (χ1) is 6.68. The summed E-state index contributed by atoms with van der Waals surface area (Å²) in [5, 5.41) is 7.71. The van der Waals surface area contributed by atoms with Gasteiger partial charge in [-0.25, -0.2) is 4.68 Å². The van der Waals surface area contributed by atoms with Crippen LogP contribution in [0, 0.1) is 13.8 Å². The summed E-state index contributed by atoms with van der Waals surface area (Å²) in [6.45, 7) is 3.85. The number of pyridine rings is 1. The summed E-state index contributed by atoms with van der Waals surface area (Å²) in [5.74, 6) is 0.450. The fourth-order valence-corrected chi connectivity index (χ4v) is 1.24. The van der Waals surface area contributed by atoms with E-state index in [-0.39, 0.29) is 0 Å². The molecule has 0 radical (unpaired) electrons. The molecular weight excluding hydrogens is 178 g/mol. The van der Waals surface area contributed by atoms with Crippen LogP contribution in [0.15, 0.2) is 18.5 Å². The molecule has 0 aromatic carbocycles. The molecule has 2 aromatic rings. The monoisotopic (exact) mass is 189 g/mol. The molecule has 0 fully saturated rings. The Morgan fingerprint density at radius 1 is 1.29 bits per heavy atom. The van der Waals surface area contributed by atoms with Crippen molar-refractivity contribution in [2.45, 2.75) is 13.8 Å². The summed E-state index contributed by atoms with van der Waals surface area (Å²) in [7, 11) is 0. The number of hydrogen-bond acceptors (Lipinski definition) is 4. The number of anilines is 1. The van der Waals surface area contributed by atoms with Crippen molar-refractivity contribution in [1.29, 1.82) is 0 Å². The van der Waals surface area contributed by atoms with Crippen molar-refractivity contribution in [3.8, 4) is 5.69 Å². The van der Waals surface area contributed by atoms with Gasteiger partial charge in [-0.05, 0) is 25.5 Å². The highest BCUT2D eigenvalue weighted by Gasteiger charge is 2.06. The zero-order chi connectivity index (χ0) is 10.1. The maximum atomic E-state index is 5.60. The first kappa shape index (κ1) is 8.68. The number of hydrogen-bond donors (Lipinski definition) is 1. The first-order valence-corrected chi connectivity index (χ1v) is 4.28. The average Bonchev–Trinajstić information content (AvgIpc) is 2.48. The van der Waals surface area contributed by atoms with E-state index in [0.717, 1.165) is 16.9 Å². The predicted molar refractivity (Wildman–Crippen MR) is 53.0 cm³/mol. The molecule has 0 aliphatic carbocycles. The van der Waals surface area contributed by atoms with E-state index >= 15 is 0 Å². The van der Waals surface area contributed by atoms with Crippen molar-refractivity contribution in [2.24, 2.45) is 0 Å². The van der Waals surface area contributed by atoms with Gasteiger partial charge in [-0.15, -0.1) is 5.10 Å². The second-order valence-corrected chi connectivity index (χ2v) is 3.19. The Morgan fingerprint density at radius 2 is 2.07 bits per heavy atom. The van der Waals surface area contributed by atoms with Gasteiger partial charge in [0.25, 0.3) is 0 Å². The molecule has 2 heterocycles. The van der Waals surface area contributed by atoms with Gasteiger partial charge in [0.1, 0.15) is 0 Å². The van der Waals surface area contributed by atoms with Crippen molar-refractivity contribution in [2.75, 3.05) is 5.73 Å². The normalized spacial score (nSPS) is 10.4. The van der Waals surface area contributed by atoms with Crippen LogP contribution in [0.25, 0.3) is 5.69 Å². The number of aromatic nitrogens is 4. The molecule has 0 atom stereocenters. The number of aryl methyl sites for hydroxylation is 1. The maximum Gasteiger partial charge on any atom is 0.169 e. The summed E-state index contributed by atoms with van der Waals surface area (Å²) in [6, 6.07) is 1.98. The summed E-state index contributed by atoms with van der Waals surface area (Å²) >= 11 is 0. The fourth-order valence-electron chi connectivity index (χ4n) is 1.24. The van der Waals surface area contributed by atoms with E-state index in [2.05, 4.69) is 15.3 Å². The van der Waals surface area contributed by atoms with Gasteiger partial charge >= 0.3 is 0 Å². The summed E-state index contributed by atoms with van der Waals surface area (Å²) in [5.41, 5.74) is 8.39. The van der Waals surface area contributed by atoms with Crippen molar-refractivity contribution in [1.82, 2.24) is 20.0 Å². The molecule has 72 valence electrons. The molecule has 0 aliphatic rings. The van der Waals surface area contributed by atoms with Crippen LogP contribution in [0.1, 0.15) is 11.3 Å². The maximum absolute atomic E-state index is 5.60. The van der Waals surface area contributed by atoms with Crippen LogP contribution >= 0.6 is 0 Å². The molecule has 2 aromatic heterocycles. The van der Waals surface area contributed by atoms with Crippen molar-refractivity contribution < 1.29 is 0 Å². The molecule has 0 saturated carbocycles. The summed E-state index contributed by atoms with van der Waals surface area (Å²) in [4.78, 5) is 4.08. The number of nitrogens with zero attached hydrogens (tertiary/aromatic N) is 4. The van der Waals surface area contributed by atoms with Crippen molar-refractivity contribution in [3.63, 3.8) is 0 Å². The van der Waals surface area contributed by atoms with Gasteiger partial charge in [-0.2, -0.15) is 0 Å². The van der Waals surface area contributed by atoms with E-state index in [0.29, 0.717) is 5.82 Å². The minimum atomic E-state index is 0.450. The smallest absolute Gasteiger partial charge is 0.169 e. The Kier molecular flexibility index (Phi) is 1.92. The molecule has 0 unspecified atom stereocenters. The Bertz CT molecular complexity index is 460. The Balaban J connectivity index is 2.55. The van der Waals surface area contributed by atoms with E-state index in [4.69, 9.17) is 5.73 Å². The highest BCUT2D eigenvalue weighted by atomic mass is 15.4. The zero-order valence-corrected chi connectivity index (χ0v) is 8.10. The van der Waals surface area contributed by atoms with E-state index in [1.165, 1.54) is 0 Å². The van der Waals surface area contributed by atoms with Crippen molar-refractivity contribution >= 4 is 5.82 Å². The second kappa shape index (κ2) is 3.10. The minimum absolute atomic E-state index is 0.450. The molecule has 0 saturated heterocycles. The number of nitrogen functional groups attached to an aromatic ring is 1. The van der Waals surface area contributed by atoms with Crippen LogP contribution in [-0.4, -0.2) is 20.0 Å². The predicted octanol–water partition coefficient (Wildman–Crippen LogP) is 0.861. The van der Waals surface area contributed by atoms with Crippen LogP contribution in [0.5, 0.6) is 0 Å². The molecular formula is C9H11N5. The largest absolute Gasteiger partial charge is 0.381 e. The van der Waals surface area contributed by atoms with Gasteiger partial charge < -0.3 is 5.73 Å². The van der Waals surface area contributed by atoms with Crippen LogP contribution in [-0.2, 0) is 0 Å². The third kappa shape index (κ3) is 1.32. The Morgan fingerprint density at radius 3 is 2.64 bits per heavy atom. The molecule has 2 N–H and O–H groups in total. The molecule has 5 heteroatoms. The SMILES string of the molecule is Cc1cncc(-n2nnc(N)c2C)c1. The average molecular weight is 189 g/mol. The van der Waals surface area contributed by atoms with Crippen molar-refractivity contribution in [3.05, 3.63) is 29.7 Å². The van der Waals surface area contributed by atoms with Crippen LogP contribution in [0.3, 0.4) is 0 Å². The highest BCUT2D eigenvalue weighted by Crippen LogP contribution is 2.12. The first-order valence-electron chi connectivity index (χ1n) is 4.28. The lowest BCUT2D eigenvalue weighted by Crippen LogP contribution is -2.00. The van der Waals surface area contributed by atoms with E-state index in [1.54, 1.807) is 17.1 Å². The Hall–Kier alpha value is -1.91. The molecule has 0 spiro atoms. The lowest BCUT2D eigenvalue weighted by Gasteiger charge is -2.02. The quantitative estimate of drug-likeness (QED) is 0.722. The molecule has 5 nitrogen and oxygen atoms in total. The second-order valence-electron chi connectivity index (χ2n) is 3.19. The highest BCUT2D eigenvalue weighted by molar-refractivity contribution is 5.39. The minimum Gasteiger partial charge on any atom is -0.381 e. The molecule has 0 amide bonds. The lowest BCUT2D eigenvalue weighted by atomic mass is 10.3. The molecule has 0 aliphatic heterocycles. The van der Waals surface area contributed by atoms with E-state index in [9.17, 15) is 0 Å². The fraction of sp³-hybridized carbons (Fsp3) is 0.222. The number of nitrogens with two attached hydrogens (primary N) is 1. The van der Waals surface area contributed by atoms with E-state index < -0.39 is 0 Å². The standard InChI is InChI=1S/C9H11N5/c1-6-3-8(5-11-4-6)14-7(2)9(10)12-13-14/h3-5H,10H2,1-2H3. The third-order valence-electron chi connectivity index (χ3n) is 2.04. The summed E-state index contributed by atoms with van der Waals surface area (Å²) < 4.78 is 1.68. The van der Waals surface area contributed by atoms with Gasteiger partial charge in [-0.3, -0.25) is 4.98 Å². The van der Waals surface area contributed by atoms with Gasteiger partial charge in [0, 0.05) is 6.20 Å². The number of rotatable bonds is 1. The lowest BCUT2D eigenvalue weighted by molar-refractivity contribution is 0.781. The summed E-state index contributed by atoms with van der Waals surface area (Å²) in [6.07, 6.45) is 3.52. The van der Waals surface area contributed by atoms with Crippen LogP contribution in [0.4, 0.5) is 5.82 Å². The van der Waals surface area contributed by atoms with Crippen LogP contribution < -0.4 is 5.73 Å². The van der Waals surface area contributed by atoms with Gasteiger partial charge in [0.05, 0.1) is 17.6 Å². The van der Waals surface area contributed by atoms with Crippen LogP contribution in [0.2, 0.25) is 0 Å². The Labute approximate surface area is 81.6 Å². The molecule has 2 rings (SSSR count). The molecule has 0 bridgehead atoms. The van der Waals surface area contributed by atoms with E-state index in [1.807, 2.05) is 19.9 Å².